The van der Waals surface area contributed by atoms with Crippen LogP contribution in [-0.2, 0) is 16.2 Å². The zero-order valence-corrected chi connectivity index (χ0v) is 25.0. The molecule has 10 heteroatoms. The van der Waals surface area contributed by atoms with Crippen LogP contribution in [0.4, 0.5) is 19.0 Å². The molecule has 0 bridgehead atoms. The zero-order chi connectivity index (χ0) is 28.1. The van der Waals surface area contributed by atoms with E-state index in [0.717, 1.165) is 40.1 Å². The van der Waals surface area contributed by atoms with E-state index in [-0.39, 0.29) is 11.1 Å². The second-order valence-corrected chi connectivity index (χ2v) is 17.9. The van der Waals surface area contributed by atoms with Crippen molar-refractivity contribution in [2.24, 2.45) is 0 Å². The van der Waals surface area contributed by atoms with E-state index in [4.69, 9.17) is 4.43 Å². The third-order valence-electron chi connectivity index (χ3n) is 8.04. The second-order valence-electron chi connectivity index (χ2n) is 12.0. The summed E-state index contributed by atoms with van der Waals surface area (Å²) in [4.78, 5) is 9.98. The number of halogens is 3. The van der Waals surface area contributed by atoms with Crippen LogP contribution in [0.2, 0.25) is 18.1 Å². The number of alkyl halides is 3. The Hall–Kier alpha value is -2.01. The molecule has 0 unspecified atom stereocenters. The predicted octanol–water partition coefficient (Wildman–Crippen LogP) is 8.34. The minimum absolute atomic E-state index is 0.136. The number of aliphatic hydroxyl groups is 1. The van der Waals surface area contributed by atoms with Crippen molar-refractivity contribution < 1.29 is 22.7 Å². The van der Waals surface area contributed by atoms with Gasteiger partial charge in [0.25, 0.3) is 0 Å². The van der Waals surface area contributed by atoms with E-state index in [2.05, 4.69) is 49.1 Å². The minimum Gasteiger partial charge on any atom is -0.414 e. The Morgan fingerprint density at radius 3 is 2.39 bits per heavy atom. The molecule has 0 aliphatic heterocycles. The Morgan fingerprint density at radius 1 is 1.13 bits per heavy atom. The van der Waals surface area contributed by atoms with Gasteiger partial charge in [0.15, 0.2) is 8.32 Å². The number of hydrogen-bond acceptors (Lipinski definition) is 6. The van der Waals surface area contributed by atoms with Gasteiger partial charge in [-0.1, -0.05) is 32.9 Å². The summed E-state index contributed by atoms with van der Waals surface area (Å²) in [6.45, 7) is 14.8. The molecule has 1 atom stereocenters. The first-order valence-electron chi connectivity index (χ1n) is 13.1. The van der Waals surface area contributed by atoms with E-state index in [1.54, 1.807) is 13.0 Å². The van der Waals surface area contributed by atoms with E-state index >= 15 is 0 Å². The summed E-state index contributed by atoms with van der Waals surface area (Å²) in [6.07, 6.45) is -1.46. The molecule has 0 radical (unpaired) electrons. The van der Waals surface area contributed by atoms with Gasteiger partial charge >= 0.3 is 6.18 Å². The number of benzene rings is 1. The number of thiophene rings is 1. The molecule has 1 fully saturated rings. The van der Waals surface area contributed by atoms with Crippen LogP contribution in [0.1, 0.15) is 81.2 Å². The first-order chi connectivity index (χ1) is 17.5. The largest absolute Gasteiger partial charge is 0.416 e. The number of hydrogen-bond donors (Lipinski definition) is 2. The molecule has 2 N–H and O–H groups in total. The van der Waals surface area contributed by atoms with Gasteiger partial charge in [-0.2, -0.15) is 13.2 Å². The average molecular weight is 566 g/mol. The van der Waals surface area contributed by atoms with Gasteiger partial charge < -0.3 is 14.8 Å². The molecule has 3 aromatic rings. The maximum atomic E-state index is 13.2. The van der Waals surface area contributed by atoms with Crippen LogP contribution in [0.3, 0.4) is 0 Å². The molecule has 4 rings (SSSR count). The van der Waals surface area contributed by atoms with Crippen LogP contribution < -0.4 is 5.32 Å². The van der Waals surface area contributed by atoms with Crippen molar-refractivity contribution in [3.8, 4) is 0 Å². The Bertz CT molecular complexity index is 1290. The van der Waals surface area contributed by atoms with E-state index < -0.39 is 31.7 Å². The summed E-state index contributed by atoms with van der Waals surface area (Å²) < 4.78 is 47.1. The molecule has 2 aromatic heterocycles. The topological polar surface area (TPSA) is 67.3 Å². The van der Waals surface area contributed by atoms with Gasteiger partial charge in [0.2, 0.25) is 0 Å². The van der Waals surface area contributed by atoms with Crippen LogP contribution in [0.25, 0.3) is 10.2 Å². The van der Waals surface area contributed by atoms with E-state index in [1.807, 2.05) is 13.0 Å². The molecule has 1 aliphatic rings. The third kappa shape index (κ3) is 6.08. The maximum absolute atomic E-state index is 13.2. The van der Waals surface area contributed by atoms with E-state index in [9.17, 15) is 18.3 Å². The number of fused-ring (bicyclic) bond motifs is 1. The summed E-state index contributed by atoms with van der Waals surface area (Å²) in [7, 11) is -1.88. The van der Waals surface area contributed by atoms with Gasteiger partial charge in [0.1, 0.15) is 11.6 Å². The lowest BCUT2D eigenvalue weighted by molar-refractivity contribution is -0.137. The van der Waals surface area contributed by atoms with Gasteiger partial charge in [-0.25, -0.2) is 9.97 Å². The van der Waals surface area contributed by atoms with Crippen LogP contribution in [0.15, 0.2) is 30.3 Å². The molecule has 208 valence electrons. The first-order valence-corrected chi connectivity index (χ1v) is 16.8. The van der Waals surface area contributed by atoms with Gasteiger partial charge in [-0.05, 0) is 81.4 Å². The van der Waals surface area contributed by atoms with Crippen molar-refractivity contribution in [2.75, 3.05) is 5.32 Å². The highest BCUT2D eigenvalue weighted by Crippen LogP contribution is 2.46. The number of aryl methyl sites for hydroxylation is 1. The SMILES string of the molecule is Cc1nc(N[C@H](C)c2cccc(C(F)(F)F)c2)c2sc(C3(O)CCC(O[Si](C)(C)C(C)(C)C)CC3)cc2n1. The number of rotatable bonds is 6. The van der Waals surface area contributed by atoms with E-state index in [0.29, 0.717) is 30.0 Å². The predicted molar refractivity (Wildman–Crippen MR) is 150 cm³/mol. The van der Waals surface area contributed by atoms with Gasteiger partial charge in [-0.3, -0.25) is 0 Å². The van der Waals surface area contributed by atoms with Crippen molar-refractivity contribution in [1.29, 1.82) is 0 Å². The number of nitrogens with zero attached hydrogens (tertiary/aromatic N) is 2. The van der Waals surface area contributed by atoms with Gasteiger partial charge in [0, 0.05) is 11.0 Å². The molecule has 38 heavy (non-hydrogen) atoms. The molecule has 1 saturated carbocycles. The van der Waals surface area contributed by atoms with Crippen molar-refractivity contribution in [3.05, 3.63) is 52.2 Å². The fourth-order valence-electron chi connectivity index (χ4n) is 4.67. The Labute approximate surface area is 228 Å². The fraction of sp³-hybridized carbons (Fsp3) is 0.571. The molecule has 1 aliphatic carbocycles. The summed E-state index contributed by atoms with van der Waals surface area (Å²) in [5.41, 5.74) is -0.401. The molecule has 0 saturated heterocycles. The van der Waals surface area contributed by atoms with Crippen LogP contribution >= 0.6 is 11.3 Å². The number of nitrogens with one attached hydrogen (secondary N) is 1. The standard InChI is InChI=1S/C28H38F3N3O2SSi/c1-17(19-9-8-10-20(15-19)28(29,30)31)32-25-24-22(33-18(2)34-25)16-23(37-24)27(35)13-11-21(12-14-27)36-38(6,7)26(3,4)5/h8-10,15-17,21,35H,11-14H2,1-7H3,(H,32,33,34)/t17-,21?,27?/m1/s1. The lowest BCUT2D eigenvalue weighted by Gasteiger charge is -2.43. The normalized spacial score (nSPS) is 22.0. The molecule has 0 amide bonds. The van der Waals surface area contributed by atoms with E-state index in [1.165, 1.54) is 17.4 Å². The third-order valence-corrected chi connectivity index (χ3v) is 13.9. The fourth-order valence-corrected chi connectivity index (χ4v) is 7.29. The summed E-state index contributed by atoms with van der Waals surface area (Å²) >= 11 is 1.45. The lowest BCUT2D eigenvalue weighted by atomic mass is 9.82. The quantitative estimate of drug-likeness (QED) is 0.294. The van der Waals surface area contributed by atoms with Crippen LogP contribution in [0.5, 0.6) is 0 Å². The molecule has 0 spiro atoms. The monoisotopic (exact) mass is 565 g/mol. The van der Waals surface area contributed by atoms with Gasteiger partial charge in [-0.15, -0.1) is 11.3 Å². The molecular formula is C28H38F3N3O2SSi. The van der Waals surface area contributed by atoms with Gasteiger partial charge in [0.05, 0.1) is 27.4 Å². The van der Waals surface area contributed by atoms with Crippen molar-refractivity contribution in [2.45, 2.75) is 102 Å². The lowest BCUT2D eigenvalue weighted by Crippen LogP contribution is -2.46. The van der Waals surface area contributed by atoms with Crippen LogP contribution in [-0.4, -0.2) is 29.5 Å². The summed E-state index contributed by atoms with van der Waals surface area (Å²) in [5.74, 6) is 1.12. The zero-order valence-electron chi connectivity index (χ0n) is 23.2. The van der Waals surface area contributed by atoms with Crippen molar-refractivity contribution >= 4 is 35.7 Å². The molecule has 2 heterocycles. The highest BCUT2D eigenvalue weighted by atomic mass is 32.1. The smallest absolute Gasteiger partial charge is 0.414 e. The van der Waals surface area contributed by atoms with Crippen LogP contribution in [0, 0.1) is 6.92 Å². The first kappa shape index (κ1) is 29.0. The summed E-state index contributed by atoms with van der Waals surface area (Å²) in [5, 5.41) is 15.1. The molecule has 1 aromatic carbocycles. The number of anilines is 1. The molecular weight excluding hydrogens is 527 g/mol. The highest BCUT2D eigenvalue weighted by molar-refractivity contribution is 7.19. The molecule has 5 nitrogen and oxygen atoms in total. The highest BCUT2D eigenvalue weighted by Gasteiger charge is 2.43. The Morgan fingerprint density at radius 2 is 1.79 bits per heavy atom. The minimum atomic E-state index is -4.40. The van der Waals surface area contributed by atoms with Crippen molar-refractivity contribution in [3.63, 3.8) is 0 Å². The van der Waals surface area contributed by atoms with Crippen molar-refractivity contribution in [1.82, 2.24) is 9.97 Å². The Balaban J connectivity index is 1.55. The number of aromatic nitrogens is 2. The maximum Gasteiger partial charge on any atom is 0.416 e. The average Bonchev–Trinajstić information content (AvgIpc) is 3.24. The second kappa shape index (κ2) is 10.2. The Kier molecular flexibility index (Phi) is 7.77. The summed E-state index contributed by atoms with van der Waals surface area (Å²) in [6, 6.07) is 6.85.